The number of aromatic nitrogens is 2. The van der Waals surface area contributed by atoms with Crippen LogP contribution in [0.3, 0.4) is 0 Å². The van der Waals surface area contributed by atoms with Crippen LogP contribution < -0.4 is 0 Å². The van der Waals surface area contributed by atoms with E-state index in [1.54, 1.807) is 0 Å². The van der Waals surface area contributed by atoms with Crippen molar-refractivity contribution < 1.29 is 23.1 Å². The molecule has 1 unspecified atom stereocenters. The minimum absolute atomic E-state index is 0.312. The highest BCUT2D eigenvalue weighted by Crippen LogP contribution is 2.09. The molecule has 1 N–H and O–H groups in total. The third-order valence-corrected chi connectivity index (χ3v) is 1.56. The van der Waals surface area contributed by atoms with E-state index in [0.29, 0.717) is 4.68 Å². The Kier molecular flexibility index (Phi) is 3.10. The maximum Gasteiger partial charge on any atom is 0.354 e. The lowest BCUT2D eigenvalue weighted by atomic mass is 10.3. The highest BCUT2D eigenvalue weighted by Gasteiger charge is 2.22. The van der Waals surface area contributed by atoms with Crippen LogP contribution in [0, 0.1) is 0 Å². The second-order valence-electron chi connectivity index (χ2n) is 2.55. The molecule has 0 amide bonds. The molecule has 0 saturated heterocycles. The fourth-order valence-corrected chi connectivity index (χ4v) is 0.905. The van der Waals surface area contributed by atoms with Crippen molar-refractivity contribution in [2.24, 2.45) is 0 Å². The molecule has 0 aromatic carbocycles. The smallest absolute Gasteiger partial charge is 0.354 e. The summed E-state index contributed by atoms with van der Waals surface area (Å²) in [5.74, 6) is -1.33. The molecule has 0 spiro atoms. The standard InChI is InChI=1S/C7H7F3N2O2/c8-4(6(9)10)3-12-5(7(13)14)1-2-11-12/h1-2,4,6H,3H2,(H,13,14). The molecule has 0 aliphatic carbocycles. The first-order valence-corrected chi connectivity index (χ1v) is 3.69. The molecule has 1 heterocycles. The summed E-state index contributed by atoms with van der Waals surface area (Å²) in [5.41, 5.74) is -0.312. The van der Waals surface area contributed by atoms with Gasteiger partial charge in [0, 0.05) is 6.20 Å². The molecule has 7 heteroatoms. The quantitative estimate of drug-likeness (QED) is 0.808. The SMILES string of the molecule is O=C(O)c1ccnn1CC(F)C(F)F. The van der Waals surface area contributed by atoms with E-state index in [1.807, 2.05) is 0 Å². The first-order chi connectivity index (χ1) is 6.52. The molecule has 78 valence electrons. The number of carbonyl (C=O) groups is 1. The zero-order chi connectivity index (χ0) is 10.7. The molecule has 14 heavy (non-hydrogen) atoms. The summed E-state index contributed by atoms with van der Waals surface area (Å²) in [6.07, 6.45) is -4.43. The van der Waals surface area contributed by atoms with E-state index in [1.165, 1.54) is 0 Å². The van der Waals surface area contributed by atoms with Crippen molar-refractivity contribution in [3.8, 4) is 0 Å². The average Bonchev–Trinajstić information content (AvgIpc) is 2.52. The van der Waals surface area contributed by atoms with Crippen molar-refractivity contribution in [1.29, 1.82) is 0 Å². The number of hydrogen-bond acceptors (Lipinski definition) is 2. The molecule has 0 radical (unpaired) electrons. The van der Waals surface area contributed by atoms with Gasteiger partial charge in [-0.1, -0.05) is 0 Å². The molecular formula is C7H7F3N2O2. The number of nitrogens with zero attached hydrogens (tertiary/aromatic N) is 2. The van der Waals surface area contributed by atoms with E-state index in [-0.39, 0.29) is 5.69 Å². The highest BCUT2D eigenvalue weighted by atomic mass is 19.3. The van der Waals surface area contributed by atoms with Gasteiger partial charge < -0.3 is 5.11 Å². The third kappa shape index (κ3) is 2.24. The lowest BCUT2D eigenvalue weighted by Crippen LogP contribution is -2.22. The molecule has 0 bridgehead atoms. The molecular weight excluding hydrogens is 201 g/mol. The zero-order valence-corrected chi connectivity index (χ0v) is 6.90. The fourth-order valence-electron chi connectivity index (χ4n) is 0.905. The van der Waals surface area contributed by atoms with Crippen LogP contribution in [-0.4, -0.2) is 33.5 Å². The van der Waals surface area contributed by atoms with Gasteiger partial charge in [0.1, 0.15) is 5.69 Å². The van der Waals surface area contributed by atoms with Crippen LogP contribution in [0.1, 0.15) is 10.5 Å². The van der Waals surface area contributed by atoms with Crippen molar-refractivity contribution in [1.82, 2.24) is 9.78 Å². The fraction of sp³-hybridized carbons (Fsp3) is 0.429. The number of alkyl halides is 3. The van der Waals surface area contributed by atoms with Gasteiger partial charge in [-0.05, 0) is 6.07 Å². The average molecular weight is 208 g/mol. The Morgan fingerprint density at radius 3 is 2.71 bits per heavy atom. The monoisotopic (exact) mass is 208 g/mol. The van der Waals surface area contributed by atoms with Crippen LogP contribution in [0.25, 0.3) is 0 Å². The molecule has 0 aliphatic heterocycles. The zero-order valence-electron chi connectivity index (χ0n) is 6.90. The summed E-state index contributed by atoms with van der Waals surface area (Å²) in [6.45, 7) is -0.758. The van der Waals surface area contributed by atoms with Gasteiger partial charge in [0.15, 0.2) is 6.17 Å². The van der Waals surface area contributed by atoms with Crippen LogP contribution in [-0.2, 0) is 6.54 Å². The molecule has 1 rings (SSSR count). The molecule has 0 saturated carbocycles. The Morgan fingerprint density at radius 1 is 1.57 bits per heavy atom. The molecule has 0 fully saturated rings. The van der Waals surface area contributed by atoms with Crippen molar-refractivity contribution in [2.45, 2.75) is 19.1 Å². The van der Waals surface area contributed by atoms with E-state index >= 15 is 0 Å². The maximum atomic E-state index is 12.5. The van der Waals surface area contributed by atoms with Crippen molar-refractivity contribution >= 4 is 5.97 Å². The van der Waals surface area contributed by atoms with Crippen LogP contribution in [0.2, 0.25) is 0 Å². The van der Waals surface area contributed by atoms with E-state index in [0.717, 1.165) is 12.3 Å². The van der Waals surface area contributed by atoms with Crippen molar-refractivity contribution in [2.75, 3.05) is 0 Å². The Morgan fingerprint density at radius 2 is 2.21 bits per heavy atom. The predicted octanol–water partition coefficient (Wildman–Crippen LogP) is 1.18. The summed E-state index contributed by atoms with van der Waals surface area (Å²) in [7, 11) is 0. The van der Waals surface area contributed by atoms with Gasteiger partial charge in [0.25, 0.3) is 6.43 Å². The molecule has 4 nitrogen and oxygen atoms in total. The van der Waals surface area contributed by atoms with Crippen molar-refractivity contribution in [3.63, 3.8) is 0 Å². The highest BCUT2D eigenvalue weighted by molar-refractivity contribution is 5.85. The van der Waals surface area contributed by atoms with Gasteiger partial charge in [-0.15, -0.1) is 0 Å². The van der Waals surface area contributed by atoms with E-state index in [4.69, 9.17) is 5.11 Å². The largest absolute Gasteiger partial charge is 0.477 e. The van der Waals surface area contributed by atoms with Crippen LogP contribution >= 0.6 is 0 Å². The summed E-state index contributed by atoms with van der Waals surface area (Å²) in [6, 6.07) is 1.11. The Hall–Kier alpha value is -1.53. The number of carboxylic acids is 1. The summed E-state index contributed by atoms with van der Waals surface area (Å²) in [5, 5.41) is 12.0. The second-order valence-corrected chi connectivity index (χ2v) is 2.55. The lowest BCUT2D eigenvalue weighted by molar-refractivity contribution is 0.0371. The van der Waals surface area contributed by atoms with Crippen LogP contribution in [0.4, 0.5) is 13.2 Å². The van der Waals surface area contributed by atoms with Gasteiger partial charge in [-0.2, -0.15) is 5.10 Å². The van der Waals surface area contributed by atoms with Crippen LogP contribution in [0.5, 0.6) is 0 Å². The lowest BCUT2D eigenvalue weighted by Gasteiger charge is -2.08. The van der Waals surface area contributed by atoms with Gasteiger partial charge in [0.05, 0.1) is 6.54 Å². The summed E-state index contributed by atoms with van der Waals surface area (Å²) in [4.78, 5) is 10.5. The van der Waals surface area contributed by atoms with Crippen molar-refractivity contribution in [3.05, 3.63) is 18.0 Å². The minimum Gasteiger partial charge on any atom is -0.477 e. The van der Waals surface area contributed by atoms with Gasteiger partial charge in [-0.25, -0.2) is 18.0 Å². The minimum atomic E-state index is -3.14. The van der Waals surface area contributed by atoms with Gasteiger partial charge >= 0.3 is 5.97 Å². The summed E-state index contributed by atoms with van der Waals surface area (Å²) >= 11 is 0. The van der Waals surface area contributed by atoms with Gasteiger partial charge in [0.2, 0.25) is 0 Å². The molecule has 1 atom stereocenters. The second kappa shape index (κ2) is 4.12. The van der Waals surface area contributed by atoms with E-state index in [2.05, 4.69) is 5.10 Å². The maximum absolute atomic E-state index is 12.5. The molecule has 1 aromatic rings. The summed E-state index contributed by atoms with van der Waals surface area (Å²) < 4.78 is 36.8. The van der Waals surface area contributed by atoms with E-state index in [9.17, 15) is 18.0 Å². The number of hydrogen-bond donors (Lipinski definition) is 1. The van der Waals surface area contributed by atoms with Gasteiger partial charge in [-0.3, -0.25) is 4.68 Å². The van der Waals surface area contributed by atoms with E-state index < -0.39 is 25.1 Å². The predicted molar refractivity (Wildman–Crippen MR) is 40.1 cm³/mol. The Bertz CT molecular complexity index is 326. The normalized spacial score (nSPS) is 13.1. The van der Waals surface area contributed by atoms with Crippen LogP contribution in [0.15, 0.2) is 12.3 Å². The first-order valence-electron chi connectivity index (χ1n) is 3.69. The number of carboxylic acid groups (broad SMARTS) is 1. The third-order valence-electron chi connectivity index (χ3n) is 1.56. The Balaban J connectivity index is 2.76. The first kappa shape index (κ1) is 10.6. The molecule has 0 aliphatic rings. The topological polar surface area (TPSA) is 55.1 Å². The Labute approximate surface area is 77.0 Å². The number of aromatic carboxylic acids is 1. The number of halogens is 3. The molecule has 1 aromatic heterocycles. The number of rotatable bonds is 4.